The third-order valence-electron chi connectivity index (χ3n) is 7.04. The number of hydrogen-bond donors (Lipinski definition) is 0. The second-order valence-corrected chi connectivity index (χ2v) is 9.83. The van der Waals surface area contributed by atoms with Crippen LogP contribution in [-0.4, -0.2) is 18.3 Å². The second kappa shape index (κ2) is 10.7. The van der Waals surface area contributed by atoms with Crippen molar-refractivity contribution in [3.63, 3.8) is 0 Å². The number of amides is 1. The number of benzene rings is 3. The van der Waals surface area contributed by atoms with Crippen LogP contribution in [0.5, 0.6) is 5.75 Å². The molecule has 0 N–H and O–H groups in total. The van der Waals surface area contributed by atoms with Crippen molar-refractivity contribution in [3.8, 4) is 5.75 Å². The lowest BCUT2D eigenvalue weighted by atomic mass is 9.97. The van der Waals surface area contributed by atoms with Crippen molar-refractivity contribution in [1.29, 1.82) is 0 Å². The van der Waals surface area contributed by atoms with Crippen molar-refractivity contribution < 1.29 is 18.7 Å². The summed E-state index contributed by atoms with van der Waals surface area (Å²) in [6.07, 6.45) is 4.50. The van der Waals surface area contributed by atoms with Crippen LogP contribution < -0.4 is 15.1 Å². The molecule has 38 heavy (non-hydrogen) atoms. The van der Waals surface area contributed by atoms with Gasteiger partial charge in [-0.25, -0.2) is 0 Å². The first-order valence-corrected chi connectivity index (χ1v) is 13.1. The Bertz CT molecular complexity index is 1550. The second-order valence-electron chi connectivity index (χ2n) is 9.83. The van der Waals surface area contributed by atoms with Gasteiger partial charge in [-0.05, 0) is 74.4 Å². The predicted molar refractivity (Wildman–Crippen MR) is 148 cm³/mol. The molecule has 0 fully saturated rings. The lowest BCUT2D eigenvalue weighted by Crippen LogP contribution is -2.29. The number of anilines is 1. The summed E-state index contributed by atoms with van der Waals surface area (Å²) in [4.78, 5) is 41.0. The Morgan fingerprint density at radius 3 is 2.37 bits per heavy atom. The molecule has 0 saturated carbocycles. The Balaban J connectivity index is 1.57. The van der Waals surface area contributed by atoms with E-state index in [9.17, 15) is 14.4 Å². The van der Waals surface area contributed by atoms with Gasteiger partial charge in [0, 0.05) is 11.3 Å². The van der Waals surface area contributed by atoms with Crippen LogP contribution in [0.1, 0.15) is 83.2 Å². The Morgan fingerprint density at radius 2 is 1.68 bits per heavy atom. The van der Waals surface area contributed by atoms with Gasteiger partial charge in [0.2, 0.25) is 5.76 Å². The zero-order valence-electron chi connectivity index (χ0n) is 22.0. The summed E-state index contributed by atoms with van der Waals surface area (Å²) in [5.41, 5.74) is 3.30. The van der Waals surface area contributed by atoms with Crippen molar-refractivity contribution in [1.82, 2.24) is 0 Å². The number of ether oxygens (including phenoxy) is 1. The Labute approximate surface area is 221 Å². The number of nitrogens with zero attached hydrogens (tertiary/aromatic N) is 1. The summed E-state index contributed by atoms with van der Waals surface area (Å²) < 4.78 is 12.0. The molecule has 0 bridgehead atoms. The highest BCUT2D eigenvalue weighted by molar-refractivity contribution is 6.11. The van der Waals surface area contributed by atoms with Gasteiger partial charge in [0.1, 0.15) is 11.3 Å². The van der Waals surface area contributed by atoms with E-state index < -0.39 is 11.9 Å². The van der Waals surface area contributed by atoms with Gasteiger partial charge in [0.05, 0.1) is 23.6 Å². The van der Waals surface area contributed by atoms with Crippen molar-refractivity contribution in [3.05, 3.63) is 105 Å². The highest BCUT2D eigenvalue weighted by Gasteiger charge is 2.43. The SMILES string of the molecule is CCCCCCOc1ccc(C2c3c(oc4ccc(C)cc4c3=O)C(=O)N2c2ccc(C(C)=O)cc2)cc1. The summed E-state index contributed by atoms with van der Waals surface area (Å²) >= 11 is 0. The Hall–Kier alpha value is -4.19. The van der Waals surface area contributed by atoms with Gasteiger partial charge >= 0.3 is 0 Å². The van der Waals surface area contributed by atoms with Gasteiger partial charge in [0.15, 0.2) is 11.2 Å². The summed E-state index contributed by atoms with van der Waals surface area (Å²) in [6.45, 7) is 6.24. The largest absolute Gasteiger partial charge is 0.494 e. The first-order chi connectivity index (χ1) is 18.4. The minimum absolute atomic E-state index is 0.0447. The Morgan fingerprint density at radius 1 is 0.947 bits per heavy atom. The number of ketones is 1. The average molecular weight is 510 g/mol. The fraction of sp³-hybridized carbons (Fsp3) is 0.281. The molecule has 3 aromatic carbocycles. The first kappa shape index (κ1) is 25.5. The van der Waals surface area contributed by atoms with Gasteiger partial charge in [-0.3, -0.25) is 19.3 Å². The molecule has 1 aliphatic rings. The maximum atomic E-state index is 13.8. The van der Waals surface area contributed by atoms with E-state index in [1.165, 1.54) is 19.8 Å². The lowest BCUT2D eigenvalue weighted by molar-refractivity contribution is 0.0970. The van der Waals surface area contributed by atoms with Crippen LogP contribution in [0.4, 0.5) is 5.69 Å². The number of rotatable bonds is 9. The van der Waals surface area contributed by atoms with E-state index in [4.69, 9.17) is 9.15 Å². The van der Waals surface area contributed by atoms with Gasteiger partial charge in [-0.1, -0.05) is 49.9 Å². The van der Waals surface area contributed by atoms with Gasteiger partial charge in [-0.2, -0.15) is 0 Å². The number of aryl methyl sites for hydroxylation is 1. The molecule has 4 aromatic rings. The van der Waals surface area contributed by atoms with Crippen LogP contribution in [0.15, 0.2) is 75.9 Å². The molecule has 6 nitrogen and oxygen atoms in total. The minimum Gasteiger partial charge on any atom is -0.494 e. The normalized spacial score (nSPS) is 14.7. The van der Waals surface area contributed by atoms with Crippen LogP contribution in [-0.2, 0) is 0 Å². The zero-order valence-corrected chi connectivity index (χ0v) is 22.0. The molecule has 1 atom stereocenters. The topological polar surface area (TPSA) is 76.8 Å². The molecule has 1 aliphatic heterocycles. The van der Waals surface area contributed by atoms with E-state index in [0.29, 0.717) is 34.4 Å². The minimum atomic E-state index is -0.680. The average Bonchev–Trinajstić information content (AvgIpc) is 3.21. The van der Waals surface area contributed by atoms with E-state index in [1.54, 1.807) is 41.3 Å². The maximum Gasteiger partial charge on any atom is 0.295 e. The van der Waals surface area contributed by atoms with Crippen molar-refractivity contribution in [2.24, 2.45) is 0 Å². The van der Waals surface area contributed by atoms with E-state index in [0.717, 1.165) is 29.7 Å². The molecular formula is C32H31NO5. The highest BCUT2D eigenvalue weighted by Crippen LogP contribution is 2.41. The van der Waals surface area contributed by atoms with E-state index in [-0.39, 0.29) is 17.0 Å². The summed E-state index contributed by atoms with van der Waals surface area (Å²) in [5.74, 6) is 0.334. The number of unbranched alkanes of at least 4 members (excludes halogenated alkanes) is 3. The standard InChI is InChI=1S/C32H31NO5/c1-4-5-6-7-18-37-25-15-11-23(12-16-25)29-28-30(35)26-19-20(2)8-17-27(26)38-31(28)32(36)33(29)24-13-9-22(10-14-24)21(3)34/h8-17,19,29H,4-7,18H2,1-3H3. The van der Waals surface area contributed by atoms with Crippen LogP contribution in [0.25, 0.3) is 11.0 Å². The number of carbonyl (C=O) groups is 2. The van der Waals surface area contributed by atoms with E-state index in [1.807, 2.05) is 37.3 Å². The monoisotopic (exact) mass is 509 g/mol. The molecule has 1 unspecified atom stereocenters. The fourth-order valence-corrected chi connectivity index (χ4v) is 4.99. The van der Waals surface area contributed by atoms with Crippen LogP contribution in [0.3, 0.4) is 0 Å². The quantitative estimate of drug-likeness (QED) is 0.179. The third kappa shape index (κ3) is 4.74. The van der Waals surface area contributed by atoms with Gasteiger partial charge in [0.25, 0.3) is 5.91 Å². The van der Waals surface area contributed by atoms with E-state index in [2.05, 4.69) is 6.92 Å². The number of carbonyl (C=O) groups excluding carboxylic acids is 2. The molecule has 0 spiro atoms. The molecule has 0 saturated heterocycles. The summed E-state index contributed by atoms with van der Waals surface area (Å²) in [7, 11) is 0. The molecule has 0 aliphatic carbocycles. The van der Waals surface area contributed by atoms with Crippen LogP contribution in [0.2, 0.25) is 0 Å². The predicted octanol–water partition coefficient (Wildman–Crippen LogP) is 7.01. The molecule has 1 aromatic heterocycles. The van der Waals surface area contributed by atoms with Gasteiger partial charge in [-0.15, -0.1) is 0 Å². The van der Waals surface area contributed by atoms with Crippen LogP contribution >= 0.6 is 0 Å². The molecule has 194 valence electrons. The molecule has 0 radical (unpaired) electrons. The van der Waals surface area contributed by atoms with Crippen molar-refractivity contribution >= 4 is 28.3 Å². The van der Waals surface area contributed by atoms with Crippen molar-refractivity contribution in [2.75, 3.05) is 11.5 Å². The first-order valence-electron chi connectivity index (χ1n) is 13.1. The number of hydrogen-bond acceptors (Lipinski definition) is 5. The smallest absolute Gasteiger partial charge is 0.295 e. The molecule has 2 heterocycles. The molecular weight excluding hydrogens is 478 g/mol. The Kier molecular flexibility index (Phi) is 7.14. The summed E-state index contributed by atoms with van der Waals surface area (Å²) in [5, 5.41) is 0.447. The van der Waals surface area contributed by atoms with E-state index >= 15 is 0 Å². The third-order valence-corrected chi connectivity index (χ3v) is 7.04. The molecule has 6 heteroatoms. The fourth-order valence-electron chi connectivity index (χ4n) is 4.99. The van der Waals surface area contributed by atoms with Crippen LogP contribution in [0, 0.1) is 6.92 Å². The lowest BCUT2D eigenvalue weighted by Gasteiger charge is -2.25. The zero-order chi connectivity index (χ0) is 26.8. The summed E-state index contributed by atoms with van der Waals surface area (Å²) in [6, 6.07) is 19.1. The maximum absolute atomic E-state index is 13.8. The number of fused-ring (bicyclic) bond motifs is 2. The molecule has 1 amide bonds. The highest BCUT2D eigenvalue weighted by atomic mass is 16.5. The molecule has 5 rings (SSSR count). The number of Topliss-reactive ketones (excluding diaryl/α,β-unsaturated/α-hetero) is 1. The van der Waals surface area contributed by atoms with Crippen molar-refractivity contribution in [2.45, 2.75) is 52.5 Å². The van der Waals surface area contributed by atoms with Gasteiger partial charge < -0.3 is 9.15 Å².